The molecule has 4 nitrogen and oxygen atoms in total. The summed E-state index contributed by atoms with van der Waals surface area (Å²) in [5.41, 5.74) is 2.01. The molecule has 1 unspecified atom stereocenters. The Morgan fingerprint density at radius 3 is 2.70 bits per heavy atom. The van der Waals surface area contributed by atoms with Crippen molar-refractivity contribution in [2.75, 3.05) is 0 Å². The van der Waals surface area contributed by atoms with Gasteiger partial charge in [-0.05, 0) is 30.0 Å². The number of cyclic esters (lactones) is 1. The lowest BCUT2D eigenvalue weighted by Crippen LogP contribution is -2.26. The summed E-state index contributed by atoms with van der Waals surface area (Å²) in [6.45, 7) is 5.50. The van der Waals surface area contributed by atoms with Gasteiger partial charge in [0, 0.05) is 5.56 Å². The predicted molar refractivity (Wildman–Crippen MR) is 64.9 cm³/mol. The van der Waals surface area contributed by atoms with Gasteiger partial charge in [-0.25, -0.2) is 0 Å². The summed E-state index contributed by atoms with van der Waals surface area (Å²) < 4.78 is 40.8. The normalized spacial score (nSPS) is 22.7. The van der Waals surface area contributed by atoms with Gasteiger partial charge in [-0.15, -0.1) is 8.78 Å². The fourth-order valence-corrected chi connectivity index (χ4v) is 2.75. The number of ether oxygens (including phenoxy) is 3. The SMILES string of the molecule is CC(C)c1cc2c(c3c1CC(=O)OC3C)OC(F)(F)O2. The van der Waals surface area contributed by atoms with Crippen molar-refractivity contribution in [2.24, 2.45) is 0 Å². The van der Waals surface area contributed by atoms with E-state index in [-0.39, 0.29) is 29.8 Å². The average Bonchev–Trinajstić information content (AvgIpc) is 2.60. The number of hydrogen-bond acceptors (Lipinski definition) is 4. The summed E-state index contributed by atoms with van der Waals surface area (Å²) in [6, 6.07) is 1.53. The Kier molecular flexibility index (Phi) is 2.68. The molecular formula is C14H14F2O4. The molecule has 0 aliphatic carbocycles. The Labute approximate surface area is 114 Å². The predicted octanol–water partition coefficient (Wildman–Crippen LogP) is 3.29. The molecule has 0 N–H and O–H groups in total. The molecule has 0 amide bonds. The summed E-state index contributed by atoms with van der Waals surface area (Å²) in [5.74, 6) is -0.306. The molecule has 1 atom stereocenters. The molecule has 0 radical (unpaired) electrons. The number of carbonyl (C=O) groups is 1. The number of esters is 1. The first-order valence-electron chi connectivity index (χ1n) is 6.43. The van der Waals surface area contributed by atoms with E-state index in [4.69, 9.17) is 4.74 Å². The third-order valence-corrected chi connectivity index (χ3v) is 3.54. The lowest BCUT2D eigenvalue weighted by molar-refractivity contribution is -0.287. The van der Waals surface area contributed by atoms with Crippen molar-refractivity contribution in [3.63, 3.8) is 0 Å². The van der Waals surface area contributed by atoms with Crippen LogP contribution in [0.15, 0.2) is 6.07 Å². The summed E-state index contributed by atoms with van der Waals surface area (Å²) in [6.07, 6.45) is -4.24. The van der Waals surface area contributed by atoms with Crippen LogP contribution in [-0.4, -0.2) is 12.3 Å². The van der Waals surface area contributed by atoms with E-state index in [2.05, 4.69) is 9.47 Å². The van der Waals surface area contributed by atoms with Gasteiger partial charge in [0.25, 0.3) is 0 Å². The fourth-order valence-electron chi connectivity index (χ4n) is 2.75. The van der Waals surface area contributed by atoms with E-state index in [1.807, 2.05) is 13.8 Å². The summed E-state index contributed by atoms with van der Waals surface area (Å²) in [5, 5.41) is 0. The van der Waals surface area contributed by atoms with Crippen LogP contribution in [0.3, 0.4) is 0 Å². The number of halogens is 2. The minimum absolute atomic E-state index is 0.00208. The highest BCUT2D eigenvalue weighted by atomic mass is 19.3. The third kappa shape index (κ3) is 1.90. The molecule has 1 aromatic rings. The number of rotatable bonds is 1. The lowest BCUT2D eigenvalue weighted by atomic mass is 9.87. The Hall–Kier alpha value is -1.85. The van der Waals surface area contributed by atoms with Crippen LogP contribution in [-0.2, 0) is 16.0 Å². The molecule has 0 spiro atoms. The number of carbonyl (C=O) groups excluding carboxylic acids is 1. The van der Waals surface area contributed by atoms with Crippen LogP contribution in [0.1, 0.15) is 49.5 Å². The maximum absolute atomic E-state index is 13.3. The fraction of sp³-hybridized carbons (Fsp3) is 0.500. The molecule has 0 saturated carbocycles. The number of benzene rings is 1. The largest absolute Gasteiger partial charge is 0.586 e. The van der Waals surface area contributed by atoms with E-state index < -0.39 is 12.4 Å². The van der Waals surface area contributed by atoms with Crippen molar-refractivity contribution in [1.29, 1.82) is 0 Å². The van der Waals surface area contributed by atoms with Gasteiger partial charge in [0.1, 0.15) is 6.10 Å². The molecule has 0 fully saturated rings. The molecule has 2 heterocycles. The molecule has 1 aromatic carbocycles. The Bertz CT molecular complexity index is 595. The molecule has 2 aliphatic rings. The zero-order valence-electron chi connectivity index (χ0n) is 11.3. The molecule has 0 saturated heterocycles. The third-order valence-electron chi connectivity index (χ3n) is 3.54. The maximum Gasteiger partial charge on any atom is 0.586 e. The standard InChI is InChI=1S/C14H14F2O4/c1-6(2)8-4-10-13(20-14(15,16)19-10)12-7(3)18-11(17)5-9(8)12/h4,6-7H,5H2,1-3H3. The second kappa shape index (κ2) is 4.07. The molecule has 6 heteroatoms. The highest BCUT2D eigenvalue weighted by molar-refractivity contribution is 5.78. The second-order valence-electron chi connectivity index (χ2n) is 5.32. The highest BCUT2D eigenvalue weighted by Crippen LogP contribution is 2.50. The van der Waals surface area contributed by atoms with Gasteiger partial charge < -0.3 is 14.2 Å². The number of fused-ring (bicyclic) bond motifs is 3. The highest BCUT2D eigenvalue weighted by Gasteiger charge is 2.47. The average molecular weight is 284 g/mol. The van der Waals surface area contributed by atoms with Crippen molar-refractivity contribution < 1.29 is 27.8 Å². The van der Waals surface area contributed by atoms with Gasteiger partial charge in [0.2, 0.25) is 0 Å². The minimum Gasteiger partial charge on any atom is -0.457 e. The first-order chi connectivity index (χ1) is 9.28. The molecule has 0 aromatic heterocycles. The number of hydrogen-bond donors (Lipinski definition) is 0. The quantitative estimate of drug-likeness (QED) is 0.742. The van der Waals surface area contributed by atoms with Gasteiger partial charge in [-0.1, -0.05) is 13.8 Å². The van der Waals surface area contributed by atoms with E-state index >= 15 is 0 Å². The van der Waals surface area contributed by atoms with Crippen LogP contribution < -0.4 is 9.47 Å². The van der Waals surface area contributed by atoms with Gasteiger partial charge in [0.15, 0.2) is 11.5 Å². The van der Waals surface area contributed by atoms with E-state index in [9.17, 15) is 13.6 Å². The smallest absolute Gasteiger partial charge is 0.457 e. The Morgan fingerprint density at radius 2 is 2.05 bits per heavy atom. The monoisotopic (exact) mass is 284 g/mol. The molecule has 20 heavy (non-hydrogen) atoms. The molecule has 2 aliphatic heterocycles. The van der Waals surface area contributed by atoms with Crippen LogP contribution in [0, 0.1) is 0 Å². The first kappa shape index (κ1) is 13.1. The maximum atomic E-state index is 13.3. The van der Waals surface area contributed by atoms with Crippen molar-refractivity contribution in [1.82, 2.24) is 0 Å². The zero-order chi connectivity index (χ0) is 14.7. The number of alkyl halides is 2. The van der Waals surface area contributed by atoms with Crippen molar-refractivity contribution >= 4 is 5.97 Å². The molecule has 3 rings (SSSR count). The van der Waals surface area contributed by atoms with Crippen molar-refractivity contribution in [2.45, 2.75) is 45.5 Å². The lowest BCUT2D eigenvalue weighted by Gasteiger charge is -2.27. The van der Waals surface area contributed by atoms with Crippen molar-refractivity contribution in [3.05, 3.63) is 22.8 Å². The first-order valence-corrected chi connectivity index (χ1v) is 6.43. The van der Waals surface area contributed by atoms with Crippen LogP contribution in [0.2, 0.25) is 0 Å². The van der Waals surface area contributed by atoms with E-state index in [0.717, 1.165) is 5.56 Å². The molecule has 0 bridgehead atoms. The zero-order valence-corrected chi connectivity index (χ0v) is 11.3. The van der Waals surface area contributed by atoms with Crippen LogP contribution in [0.4, 0.5) is 8.78 Å². The topological polar surface area (TPSA) is 44.8 Å². The van der Waals surface area contributed by atoms with E-state index in [1.54, 1.807) is 6.92 Å². The minimum atomic E-state index is -3.67. The van der Waals surface area contributed by atoms with Gasteiger partial charge in [0.05, 0.1) is 6.42 Å². The van der Waals surface area contributed by atoms with Crippen LogP contribution in [0.5, 0.6) is 11.5 Å². The summed E-state index contributed by atoms with van der Waals surface area (Å²) in [7, 11) is 0. The van der Waals surface area contributed by atoms with Crippen molar-refractivity contribution in [3.8, 4) is 11.5 Å². The molecule has 108 valence electrons. The molecular weight excluding hydrogens is 270 g/mol. The summed E-state index contributed by atoms with van der Waals surface area (Å²) >= 11 is 0. The second-order valence-corrected chi connectivity index (χ2v) is 5.32. The van der Waals surface area contributed by atoms with Crippen LogP contribution in [0.25, 0.3) is 0 Å². The summed E-state index contributed by atoms with van der Waals surface area (Å²) in [4.78, 5) is 11.6. The van der Waals surface area contributed by atoms with E-state index in [0.29, 0.717) is 11.1 Å². The van der Waals surface area contributed by atoms with Gasteiger partial charge >= 0.3 is 12.3 Å². The van der Waals surface area contributed by atoms with Crippen LogP contribution >= 0.6 is 0 Å². The van der Waals surface area contributed by atoms with Gasteiger partial charge in [-0.2, -0.15) is 0 Å². The van der Waals surface area contributed by atoms with E-state index in [1.165, 1.54) is 6.07 Å². The Morgan fingerprint density at radius 1 is 1.35 bits per heavy atom. The Balaban J connectivity index is 2.24. The van der Waals surface area contributed by atoms with Gasteiger partial charge in [-0.3, -0.25) is 4.79 Å².